The molecule has 0 saturated carbocycles. The fraction of sp³-hybridized carbons (Fsp3) is 0.290. The molecular formula is C31H35N3O5. The van der Waals surface area contributed by atoms with Gasteiger partial charge in [-0.2, -0.15) is 5.10 Å². The standard InChI is InChI=1S/C31H35N3O5/c1-22-25(21-34(32-22)26-12-7-6-8-13-26)20-33(19-24-11-9-10-14-27(24)37-4)18-23-15-16-28(29(17-23)38-5)39-31(2,3)30(35)36/h6-17,21H,18-20H2,1-5H3,(H,35,36). The first-order valence-electron chi connectivity index (χ1n) is 12.7. The van der Waals surface area contributed by atoms with Gasteiger partial charge >= 0.3 is 5.97 Å². The van der Waals surface area contributed by atoms with Gasteiger partial charge in [-0.1, -0.05) is 42.5 Å². The van der Waals surface area contributed by atoms with Crippen LogP contribution in [0.25, 0.3) is 5.69 Å². The third-order valence-corrected chi connectivity index (χ3v) is 6.52. The van der Waals surface area contributed by atoms with E-state index in [-0.39, 0.29) is 0 Å². The first kappa shape index (κ1) is 27.7. The number of methoxy groups -OCH3 is 2. The number of para-hydroxylation sites is 2. The molecule has 0 saturated heterocycles. The van der Waals surface area contributed by atoms with Gasteiger partial charge in [-0.3, -0.25) is 4.90 Å². The number of rotatable bonds is 12. The highest BCUT2D eigenvalue weighted by Crippen LogP contribution is 2.32. The quantitative estimate of drug-likeness (QED) is 0.254. The van der Waals surface area contributed by atoms with Crippen LogP contribution in [0.5, 0.6) is 17.2 Å². The third kappa shape index (κ3) is 6.78. The zero-order valence-corrected chi connectivity index (χ0v) is 23.0. The molecule has 3 aromatic carbocycles. The van der Waals surface area contributed by atoms with E-state index in [1.54, 1.807) is 20.3 Å². The monoisotopic (exact) mass is 529 g/mol. The average molecular weight is 530 g/mol. The Hall–Kier alpha value is -4.30. The van der Waals surface area contributed by atoms with Gasteiger partial charge in [0.1, 0.15) is 5.75 Å². The molecule has 0 bridgehead atoms. The maximum Gasteiger partial charge on any atom is 0.347 e. The molecule has 8 nitrogen and oxygen atoms in total. The number of carbonyl (C=O) groups is 1. The van der Waals surface area contributed by atoms with Gasteiger partial charge in [-0.15, -0.1) is 0 Å². The molecule has 1 aromatic heterocycles. The molecule has 39 heavy (non-hydrogen) atoms. The molecule has 0 aliphatic carbocycles. The summed E-state index contributed by atoms with van der Waals surface area (Å²) in [6.45, 7) is 6.95. The summed E-state index contributed by atoms with van der Waals surface area (Å²) in [7, 11) is 3.23. The smallest absolute Gasteiger partial charge is 0.347 e. The Labute approximate surface area is 229 Å². The summed E-state index contributed by atoms with van der Waals surface area (Å²) in [5, 5.41) is 14.2. The van der Waals surface area contributed by atoms with Crippen LogP contribution in [0.15, 0.2) is 79.0 Å². The molecule has 0 radical (unpaired) electrons. The van der Waals surface area contributed by atoms with E-state index in [0.29, 0.717) is 31.1 Å². The Balaban J connectivity index is 1.63. The molecule has 0 spiro atoms. The van der Waals surface area contributed by atoms with Gasteiger partial charge in [-0.05, 0) is 56.7 Å². The largest absolute Gasteiger partial charge is 0.496 e. The Kier molecular flexibility index (Phi) is 8.56. The topological polar surface area (TPSA) is 86.0 Å². The lowest BCUT2D eigenvalue weighted by molar-refractivity contribution is -0.152. The van der Waals surface area contributed by atoms with E-state index in [2.05, 4.69) is 17.2 Å². The summed E-state index contributed by atoms with van der Waals surface area (Å²) in [6.07, 6.45) is 2.07. The van der Waals surface area contributed by atoms with Crippen LogP contribution in [0.4, 0.5) is 0 Å². The summed E-state index contributed by atoms with van der Waals surface area (Å²) in [5.74, 6) is 0.636. The van der Waals surface area contributed by atoms with E-state index in [0.717, 1.165) is 33.8 Å². The van der Waals surface area contributed by atoms with Crippen molar-refractivity contribution in [2.24, 2.45) is 0 Å². The third-order valence-electron chi connectivity index (χ3n) is 6.52. The molecule has 1 heterocycles. The molecular weight excluding hydrogens is 494 g/mol. The zero-order chi connectivity index (χ0) is 28.0. The molecule has 204 valence electrons. The van der Waals surface area contributed by atoms with Crippen molar-refractivity contribution >= 4 is 5.97 Å². The van der Waals surface area contributed by atoms with Crippen LogP contribution >= 0.6 is 0 Å². The maximum atomic E-state index is 11.6. The minimum absolute atomic E-state index is 0.380. The van der Waals surface area contributed by atoms with E-state index in [1.807, 2.05) is 72.3 Å². The second-order valence-corrected chi connectivity index (χ2v) is 9.88. The number of carboxylic acid groups (broad SMARTS) is 1. The first-order valence-corrected chi connectivity index (χ1v) is 12.7. The Morgan fingerprint density at radius 3 is 2.23 bits per heavy atom. The van der Waals surface area contributed by atoms with Gasteiger partial charge in [0.25, 0.3) is 0 Å². The van der Waals surface area contributed by atoms with Crippen molar-refractivity contribution < 1.29 is 24.1 Å². The number of aryl methyl sites for hydroxylation is 1. The predicted molar refractivity (Wildman–Crippen MR) is 150 cm³/mol. The normalized spacial score (nSPS) is 11.4. The van der Waals surface area contributed by atoms with Crippen molar-refractivity contribution in [3.63, 3.8) is 0 Å². The van der Waals surface area contributed by atoms with Gasteiger partial charge in [0.2, 0.25) is 0 Å². The van der Waals surface area contributed by atoms with Crippen LogP contribution in [-0.4, -0.2) is 45.6 Å². The Bertz CT molecular complexity index is 1420. The van der Waals surface area contributed by atoms with Crippen LogP contribution in [0.2, 0.25) is 0 Å². The van der Waals surface area contributed by atoms with Crippen LogP contribution in [0.3, 0.4) is 0 Å². The second kappa shape index (κ2) is 12.0. The highest BCUT2D eigenvalue weighted by atomic mass is 16.5. The van der Waals surface area contributed by atoms with E-state index >= 15 is 0 Å². The summed E-state index contributed by atoms with van der Waals surface area (Å²) in [5.41, 5.74) is 3.76. The zero-order valence-electron chi connectivity index (χ0n) is 23.0. The number of nitrogens with zero attached hydrogens (tertiary/aromatic N) is 3. The Morgan fingerprint density at radius 1 is 0.872 bits per heavy atom. The number of ether oxygens (including phenoxy) is 3. The van der Waals surface area contributed by atoms with Crippen molar-refractivity contribution in [1.29, 1.82) is 0 Å². The molecule has 1 N–H and O–H groups in total. The lowest BCUT2D eigenvalue weighted by Gasteiger charge is -2.25. The molecule has 8 heteroatoms. The van der Waals surface area contributed by atoms with E-state index in [9.17, 15) is 9.90 Å². The van der Waals surface area contributed by atoms with Crippen LogP contribution in [0, 0.1) is 6.92 Å². The highest BCUT2D eigenvalue weighted by molar-refractivity contribution is 5.77. The lowest BCUT2D eigenvalue weighted by atomic mass is 10.1. The van der Waals surface area contributed by atoms with Gasteiger partial charge in [-0.25, -0.2) is 9.48 Å². The Morgan fingerprint density at radius 2 is 1.54 bits per heavy atom. The number of benzene rings is 3. The minimum atomic E-state index is -1.39. The van der Waals surface area contributed by atoms with Crippen molar-refractivity contribution in [3.8, 4) is 22.9 Å². The summed E-state index contributed by atoms with van der Waals surface area (Å²) >= 11 is 0. The molecule has 0 fully saturated rings. The van der Waals surface area contributed by atoms with Crippen LogP contribution < -0.4 is 14.2 Å². The second-order valence-electron chi connectivity index (χ2n) is 9.88. The lowest BCUT2D eigenvalue weighted by Crippen LogP contribution is -2.38. The summed E-state index contributed by atoms with van der Waals surface area (Å²) in [4.78, 5) is 13.9. The minimum Gasteiger partial charge on any atom is -0.496 e. The highest BCUT2D eigenvalue weighted by Gasteiger charge is 2.30. The van der Waals surface area contributed by atoms with Gasteiger partial charge in [0, 0.05) is 37.0 Å². The number of hydrogen-bond donors (Lipinski definition) is 1. The fourth-order valence-corrected chi connectivity index (χ4v) is 4.32. The average Bonchev–Trinajstić information content (AvgIpc) is 3.29. The van der Waals surface area contributed by atoms with E-state index in [4.69, 9.17) is 19.3 Å². The van der Waals surface area contributed by atoms with Gasteiger partial charge in [0.15, 0.2) is 17.1 Å². The van der Waals surface area contributed by atoms with E-state index < -0.39 is 11.6 Å². The number of carboxylic acids is 1. The van der Waals surface area contributed by atoms with Crippen molar-refractivity contribution in [3.05, 3.63) is 101 Å². The maximum absolute atomic E-state index is 11.6. The fourth-order valence-electron chi connectivity index (χ4n) is 4.32. The molecule has 4 aromatic rings. The molecule has 4 rings (SSSR count). The van der Waals surface area contributed by atoms with Crippen molar-refractivity contribution in [1.82, 2.24) is 14.7 Å². The molecule has 0 amide bonds. The van der Waals surface area contributed by atoms with Crippen molar-refractivity contribution in [2.45, 2.75) is 46.0 Å². The van der Waals surface area contributed by atoms with E-state index in [1.165, 1.54) is 13.8 Å². The molecule has 0 aliphatic rings. The summed E-state index contributed by atoms with van der Waals surface area (Å²) in [6, 6.07) is 23.6. The number of aliphatic carboxylic acids is 1. The molecule has 0 unspecified atom stereocenters. The van der Waals surface area contributed by atoms with Crippen molar-refractivity contribution in [2.75, 3.05) is 14.2 Å². The van der Waals surface area contributed by atoms with Crippen LogP contribution in [0.1, 0.15) is 36.2 Å². The SMILES string of the molecule is COc1ccccc1CN(Cc1ccc(OC(C)(C)C(=O)O)c(OC)c1)Cc1cn(-c2ccccc2)nc1C. The molecule has 0 aliphatic heterocycles. The van der Waals surface area contributed by atoms with Gasteiger partial charge in [0.05, 0.1) is 25.6 Å². The van der Waals surface area contributed by atoms with Crippen LogP contribution in [-0.2, 0) is 24.4 Å². The predicted octanol–water partition coefficient (Wildman–Crippen LogP) is 5.64. The summed E-state index contributed by atoms with van der Waals surface area (Å²) < 4.78 is 18.9. The number of hydrogen-bond acceptors (Lipinski definition) is 6. The molecule has 0 atom stereocenters. The number of aromatic nitrogens is 2. The first-order chi connectivity index (χ1) is 18.7. The van der Waals surface area contributed by atoms with Gasteiger partial charge < -0.3 is 19.3 Å².